The summed E-state index contributed by atoms with van der Waals surface area (Å²) >= 11 is 3.51. The van der Waals surface area contributed by atoms with Gasteiger partial charge in [-0.3, -0.25) is 0 Å². The zero-order valence-electron chi connectivity index (χ0n) is 11.3. The van der Waals surface area contributed by atoms with Crippen LogP contribution in [0.2, 0.25) is 0 Å². The Morgan fingerprint density at radius 2 is 1.43 bits per heavy atom. The minimum atomic E-state index is 1.01. The molecule has 0 spiro atoms. The van der Waals surface area contributed by atoms with E-state index in [-0.39, 0.29) is 0 Å². The summed E-state index contributed by atoms with van der Waals surface area (Å²) in [6.07, 6.45) is 0. The number of halogens is 1. The summed E-state index contributed by atoms with van der Waals surface area (Å²) in [6.45, 7) is 0. The van der Waals surface area contributed by atoms with Crippen molar-refractivity contribution >= 4 is 37.6 Å². The maximum absolute atomic E-state index is 4.78. The van der Waals surface area contributed by atoms with Crippen LogP contribution in [-0.2, 0) is 0 Å². The zero-order valence-corrected chi connectivity index (χ0v) is 12.8. The van der Waals surface area contributed by atoms with Crippen LogP contribution in [0.5, 0.6) is 0 Å². The van der Waals surface area contributed by atoms with E-state index in [9.17, 15) is 0 Å². The van der Waals surface area contributed by atoms with Crippen molar-refractivity contribution in [3.05, 3.63) is 77.3 Å². The highest BCUT2D eigenvalue weighted by Crippen LogP contribution is 2.26. The molecule has 2 heteroatoms. The van der Waals surface area contributed by atoms with Gasteiger partial charge in [0.15, 0.2) is 0 Å². The molecule has 0 bridgehead atoms. The van der Waals surface area contributed by atoms with Crippen molar-refractivity contribution in [2.24, 2.45) is 0 Å². The predicted molar refractivity (Wildman–Crippen MR) is 92.4 cm³/mol. The summed E-state index contributed by atoms with van der Waals surface area (Å²) in [5.74, 6) is 0. The summed E-state index contributed by atoms with van der Waals surface area (Å²) in [6, 6.07) is 25.3. The molecule has 0 unspecified atom stereocenters. The van der Waals surface area contributed by atoms with Crippen molar-refractivity contribution in [2.75, 3.05) is 0 Å². The number of nitrogens with zero attached hydrogens (tertiary/aromatic N) is 1. The number of pyridine rings is 1. The zero-order chi connectivity index (χ0) is 14.2. The summed E-state index contributed by atoms with van der Waals surface area (Å²) in [5, 5.41) is 3.65. The monoisotopic (exact) mass is 333 g/mol. The Hall–Kier alpha value is -2.19. The smallest absolute Gasteiger partial charge is 0.0720 e. The molecule has 1 aromatic heterocycles. The quantitative estimate of drug-likeness (QED) is 0.427. The fourth-order valence-electron chi connectivity index (χ4n) is 2.60. The Bertz CT molecular complexity index is 960. The first-order valence-corrected chi connectivity index (χ1v) is 7.64. The molecule has 0 saturated carbocycles. The van der Waals surface area contributed by atoms with Crippen molar-refractivity contribution < 1.29 is 0 Å². The lowest BCUT2D eigenvalue weighted by Crippen LogP contribution is -1.85. The molecule has 0 amide bonds. The van der Waals surface area contributed by atoms with Gasteiger partial charge in [-0.15, -0.1) is 0 Å². The van der Waals surface area contributed by atoms with Gasteiger partial charge in [-0.1, -0.05) is 64.5 Å². The number of rotatable bonds is 1. The van der Waals surface area contributed by atoms with E-state index in [0.717, 1.165) is 26.6 Å². The van der Waals surface area contributed by atoms with E-state index in [4.69, 9.17) is 4.98 Å². The molecule has 0 atom stereocenters. The second-order valence-electron chi connectivity index (χ2n) is 5.10. The largest absolute Gasteiger partial charge is 0.248 e. The highest BCUT2D eigenvalue weighted by atomic mass is 79.9. The maximum atomic E-state index is 4.78. The third kappa shape index (κ3) is 2.32. The molecular formula is C19H12BrN. The van der Waals surface area contributed by atoms with Crippen LogP contribution in [0.4, 0.5) is 0 Å². The SMILES string of the molecule is Brc1ccc2ccc(-c3ccc4ccccc4c3)nc2c1. The number of hydrogen-bond donors (Lipinski definition) is 0. The Kier molecular flexibility index (Phi) is 2.97. The van der Waals surface area contributed by atoms with Crippen LogP contribution in [0.3, 0.4) is 0 Å². The van der Waals surface area contributed by atoms with Gasteiger partial charge in [0.2, 0.25) is 0 Å². The van der Waals surface area contributed by atoms with E-state index in [2.05, 4.69) is 82.7 Å². The maximum Gasteiger partial charge on any atom is 0.0720 e. The van der Waals surface area contributed by atoms with Crippen LogP contribution in [0.15, 0.2) is 77.3 Å². The van der Waals surface area contributed by atoms with E-state index >= 15 is 0 Å². The molecule has 0 radical (unpaired) electrons. The molecule has 0 aliphatic rings. The Morgan fingerprint density at radius 1 is 0.667 bits per heavy atom. The standard InChI is InChI=1S/C19H12BrN/c20-17-9-7-14-8-10-18(21-19(14)12-17)16-6-5-13-3-1-2-4-15(13)11-16/h1-12H. The third-order valence-electron chi connectivity index (χ3n) is 3.70. The van der Waals surface area contributed by atoms with Crippen LogP contribution in [-0.4, -0.2) is 4.98 Å². The van der Waals surface area contributed by atoms with Gasteiger partial charge >= 0.3 is 0 Å². The summed E-state index contributed by atoms with van der Waals surface area (Å²) < 4.78 is 1.05. The molecule has 3 aromatic carbocycles. The first-order chi connectivity index (χ1) is 10.3. The number of fused-ring (bicyclic) bond motifs is 2. The van der Waals surface area contributed by atoms with E-state index < -0.39 is 0 Å². The van der Waals surface area contributed by atoms with Crippen molar-refractivity contribution in [2.45, 2.75) is 0 Å². The van der Waals surface area contributed by atoms with Crippen molar-refractivity contribution in [1.82, 2.24) is 4.98 Å². The van der Waals surface area contributed by atoms with Gasteiger partial charge in [-0.25, -0.2) is 4.98 Å². The summed E-state index contributed by atoms with van der Waals surface area (Å²) in [4.78, 5) is 4.78. The second-order valence-corrected chi connectivity index (χ2v) is 6.01. The van der Waals surface area contributed by atoms with Crippen molar-refractivity contribution in [3.8, 4) is 11.3 Å². The molecule has 100 valence electrons. The fourth-order valence-corrected chi connectivity index (χ4v) is 2.95. The minimum absolute atomic E-state index is 1.01. The van der Waals surface area contributed by atoms with Crippen molar-refractivity contribution in [3.63, 3.8) is 0 Å². The molecule has 1 nitrogen and oxygen atoms in total. The Balaban J connectivity index is 1.90. The molecule has 4 rings (SSSR count). The molecule has 1 heterocycles. The second kappa shape index (κ2) is 4.97. The number of aromatic nitrogens is 1. The van der Waals surface area contributed by atoms with Gasteiger partial charge in [0.25, 0.3) is 0 Å². The van der Waals surface area contributed by atoms with Gasteiger partial charge in [0, 0.05) is 15.4 Å². The molecule has 0 fully saturated rings. The summed E-state index contributed by atoms with van der Waals surface area (Å²) in [7, 11) is 0. The topological polar surface area (TPSA) is 12.9 Å². The fraction of sp³-hybridized carbons (Fsp3) is 0. The van der Waals surface area contributed by atoms with E-state index in [1.807, 2.05) is 6.07 Å². The van der Waals surface area contributed by atoms with Gasteiger partial charge in [-0.2, -0.15) is 0 Å². The van der Waals surface area contributed by atoms with Crippen LogP contribution >= 0.6 is 15.9 Å². The first kappa shape index (κ1) is 12.5. The lowest BCUT2D eigenvalue weighted by atomic mass is 10.0. The predicted octanol–water partition coefficient (Wildman–Crippen LogP) is 5.82. The van der Waals surface area contributed by atoms with Gasteiger partial charge in [0.1, 0.15) is 0 Å². The number of hydrogen-bond acceptors (Lipinski definition) is 1. The highest BCUT2D eigenvalue weighted by molar-refractivity contribution is 9.10. The van der Waals surface area contributed by atoms with Gasteiger partial charge < -0.3 is 0 Å². The molecular weight excluding hydrogens is 322 g/mol. The lowest BCUT2D eigenvalue weighted by Gasteiger charge is -2.05. The Morgan fingerprint density at radius 3 is 2.33 bits per heavy atom. The average molecular weight is 334 g/mol. The van der Waals surface area contributed by atoms with Crippen LogP contribution in [0, 0.1) is 0 Å². The van der Waals surface area contributed by atoms with Crippen LogP contribution in [0.25, 0.3) is 32.9 Å². The molecule has 0 aliphatic heterocycles. The van der Waals surface area contributed by atoms with E-state index in [1.165, 1.54) is 10.8 Å². The average Bonchev–Trinajstić information content (AvgIpc) is 2.53. The lowest BCUT2D eigenvalue weighted by molar-refractivity contribution is 1.40. The molecule has 0 saturated heterocycles. The van der Waals surface area contributed by atoms with Crippen LogP contribution < -0.4 is 0 Å². The molecule has 21 heavy (non-hydrogen) atoms. The summed E-state index contributed by atoms with van der Waals surface area (Å²) in [5.41, 5.74) is 3.16. The highest BCUT2D eigenvalue weighted by Gasteiger charge is 2.03. The molecule has 0 N–H and O–H groups in total. The first-order valence-electron chi connectivity index (χ1n) is 6.85. The number of benzene rings is 3. The molecule has 0 aliphatic carbocycles. The van der Waals surface area contributed by atoms with Crippen LogP contribution in [0.1, 0.15) is 0 Å². The van der Waals surface area contributed by atoms with Crippen molar-refractivity contribution in [1.29, 1.82) is 0 Å². The minimum Gasteiger partial charge on any atom is -0.248 e. The van der Waals surface area contributed by atoms with Gasteiger partial charge in [-0.05, 0) is 35.0 Å². The van der Waals surface area contributed by atoms with E-state index in [1.54, 1.807) is 0 Å². The normalized spacial score (nSPS) is 11.1. The van der Waals surface area contributed by atoms with E-state index in [0.29, 0.717) is 0 Å². The molecule has 4 aromatic rings. The Labute approximate surface area is 131 Å². The van der Waals surface area contributed by atoms with Gasteiger partial charge in [0.05, 0.1) is 11.2 Å². The third-order valence-corrected chi connectivity index (χ3v) is 4.19.